The molecule has 0 amide bonds. The van der Waals surface area contributed by atoms with Gasteiger partial charge in [-0.2, -0.15) is 0 Å². The summed E-state index contributed by atoms with van der Waals surface area (Å²) in [6, 6.07) is 6.30. The molecular weight excluding hydrogens is 224 g/mol. The first-order valence-electron chi connectivity index (χ1n) is 6.42. The Morgan fingerprint density at radius 2 is 2.11 bits per heavy atom. The minimum atomic E-state index is 0.169. The fraction of sp³-hybridized carbons (Fsp3) is 0.467. The number of aromatic nitrogens is 1. The van der Waals surface area contributed by atoms with Crippen molar-refractivity contribution in [1.29, 1.82) is 0 Å². The highest BCUT2D eigenvalue weighted by atomic mass is 16.5. The van der Waals surface area contributed by atoms with E-state index in [9.17, 15) is 0 Å². The zero-order valence-corrected chi connectivity index (χ0v) is 11.5. The highest BCUT2D eigenvalue weighted by Gasteiger charge is 2.29. The van der Waals surface area contributed by atoms with Gasteiger partial charge < -0.3 is 14.6 Å². The van der Waals surface area contributed by atoms with Gasteiger partial charge in [0, 0.05) is 36.6 Å². The minimum absolute atomic E-state index is 0.169. The number of hydrogen-bond donors (Lipinski definition) is 1. The highest BCUT2D eigenvalue weighted by molar-refractivity contribution is 5.90. The van der Waals surface area contributed by atoms with Gasteiger partial charge in [0.25, 0.3) is 0 Å². The van der Waals surface area contributed by atoms with Gasteiger partial charge in [0.05, 0.1) is 12.6 Å². The van der Waals surface area contributed by atoms with E-state index in [1.54, 1.807) is 7.11 Å². The molecule has 3 heteroatoms. The Kier molecular flexibility index (Phi) is 2.42. The van der Waals surface area contributed by atoms with Crippen LogP contribution >= 0.6 is 0 Å². The number of para-hydroxylation sites is 1. The minimum Gasteiger partial charge on any atom is -0.495 e. The number of fused-ring (bicyclic) bond motifs is 3. The lowest BCUT2D eigenvalue weighted by molar-refractivity contribution is 0.355. The van der Waals surface area contributed by atoms with Crippen LogP contribution in [0.5, 0.6) is 5.75 Å². The average Bonchev–Trinajstić information content (AvgIpc) is 2.61. The number of rotatable bonds is 1. The van der Waals surface area contributed by atoms with Crippen LogP contribution in [0.1, 0.15) is 25.1 Å². The normalized spacial score (nSPS) is 17.8. The first-order valence-corrected chi connectivity index (χ1v) is 6.42. The van der Waals surface area contributed by atoms with E-state index in [1.165, 1.54) is 22.2 Å². The topological polar surface area (TPSA) is 26.2 Å². The number of methoxy groups -OCH3 is 1. The quantitative estimate of drug-likeness (QED) is 0.834. The zero-order valence-electron chi connectivity index (χ0n) is 11.5. The summed E-state index contributed by atoms with van der Waals surface area (Å²) >= 11 is 0. The van der Waals surface area contributed by atoms with Crippen LogP contribution < -0.4 is 10.1 Å². The van der Waals surface area contributed by atoms with Crippen molar-refractivity contribution in [1.82, 2.24) is 9.88 Å². The summed E-state index contributed by atoms with van der Waals surface area (Å²) in [7, 11) is 3.88. The van der Waals surface area contributed by atoms with E-state index in [2.05, 4.69) is 42.9 Å². The average molecular weight is 244 g/mol. The first-order chi connectivity index (χ1) is 8.53. The van der Waals surface area contributed by atoms with Crippen LogP contribution in [0.25, 0.3) is 10.9 Å². The molecule has 0 unspecified atom stereocenters. The lowest BCUT2D eigenvalue weighted by Gasteiger charge is -2.32. The summed E-state index contributed by atoms with van der Waals surface area (Å²) in [4.78, 5) is 0. The van der Waals surface area contributed by atoms with Crippen molar-refractivity contribution in [3.8, 4) is 5.75 Å². The van der Waals surface area contributed by atoms with Crippen molar-refractivity contribution in [2.24, 2.45) is 7.05 Å². The molecular formula is C15H20N2O. The number of hydrogen-bond acceptors (Lipinski definition) is 2. The molecule has 96 valence electrons. The Balaban J connectivity index is 2.30. The molecule has 1 aliphatic rings. The van der Waals surface area contributed by atoms with Gasteiger partial charge >= 0.3 is 0 Å². The molecule has 0 atom stereocenters. The standard InChI is InChI=1S/C15H20N2O/c1-15(2)8-12-11(9-16-15)10-6-5-7-13(18-4)14(10)17(12)3/h5-7,16H,8-9H2,1-4H3. The largest absolute Gasteiger partial charge is 0.495 e. The van der Waals surface area contributed by atoms with E-state index in [4.69, 9.17) is 4.74 Å². The summed E-state index contributed by atoms with van der Waals surface area (Å²) in [5.74, 6) is 0.960. The molecule has 0 saturated carbocycles. The smallest absolute Gasteiger partial charge is 0.143 e. The van der Waals surface area contributed by atoms with Crippen LogP contribution in [0.2, 0.25) is 0 Å². The lowest BCUT2D eigenvalue weighted by Crippen LogP contribution is -2.44. The summed E-state index contributed by atoms with van der Waals surface area (Å²) in [6.45, 7) is 5.45. The number of nitrogens with one attached hydrogen (secondary N) is 1. The third-order valence-electron chi connectivity index (χ3n) is 3.99. The summed E-state index contributed by atoms with van der Waals surface area (Å²) in [5, 5.41) is 4.92. The second-order valence-corrected chi connectivity index (χ2v) is 5.75. The number of aryl methyl sites for hydroxylation is 1. The van der Waals surface area contributed by atoms with Crippen molar-refractivity contribution in [2.75, 3.05) is 7.11 Å². The number of benzene rings is 1. The molecule has 0 aliphatic carbocycles. The number of ether oxygens (including phenoxy) is 1. The van der Waals surface area contributed by atoms with E-state index in [-0.39, 0.29) is 5.54 Å². The Labute approximate surface area is 108 Å². The molecule has 0 spiro atoms. The predicted octanol–water partition coefficient (Wildman–Crippen LogP) is 2.61. The molecule has 1 aromatic heterocycles. The van der Waals surface area contributed by atoms with Crippen molar-refractivity contribution in [2.45, 2.75) is 32.4 Å². The van der Waals surface area contributed by atoms with Crippen LogP contribution in [0, 0.1) is 0 Å². The van der Waals surface area contributed by atoms with Gasteiger partial charge in [-0.05, 0) is 25.5 Å². The van der Waals surface area contributed by atoms with E-state index in [0.29, 0.717) is 0 Å². The second-order valence-electron chi connectivity index (χ2n) is 5.75. The monoisotopic (exact) mass is 244 g/mol. The zero-order chi connectivity index (χ0) is 12.9. The molecule has 0 radical (unpaired) electrons. The van der Waals surface area contributed by atoms with Crippen LogP contribution in [-0.2, 0) is 20.0 Å². The molecule has 2 heterocycles. The Bertz CT molecular complexity index is 610. The number of nitrogens with zero attached hydrogens (tertiary/aromatic N) is 1. The predicted molar refractivity (Wildman–Crippen MR) is 74.1 cm³/mol. The molecule has 0 saturated heterocycles. The Hall–Kier alpha value is -1.48. The maximum atomic E-state index is 5.50. The van der Waals surface area contributed by atoms with Gasteiger partial charge in [0.15, 0.2) is 0 Å². The fourth-order valence-electron chi connectivity index (χ4n) is 3.00. The third-order valence-corrected chi connectivity index (χ3v) is 3.99. The van der Waals surface area contributed by atoms with E-state index in [0.717, 1.165) is 18.7 Å². The lowest BCUT2D eigenvalue weighted by atomic mass is 9.91. The summed E-state index contributed by atoms with van der Waals surface area (Å²) in [5.41, 5.74) is 4.23. The maximum Gasteiger partial charge on any atom is 0.143 e. The molecule has 1 aromatic carbocycles. The second kappa shape index (κ2) is 3.75. The maximum absolute atomic E-state index is 5.50. The SMILES string of the molecule is COc1cccc2c3c(n(C)c12)CC(C)(C)NC3. The third kappa shape index (κ3) is 1.54. The molecule has 3 rings (SSSR count). The summed E-state index contributed by atoms with van der Waals surface area (Å²) in [6.07, 6.45) is 1.05. The van der Waals surface area contributed by atoms with Crippen LogP contribution in [0.15, 0.2) is 18.2 Å². The first kappa shape index (κ1) is 11.6. The van der Waals surface area contributed by atoms with E-state index < -0.39 is 0 Å². The molecule has 2 aromatic rings. The van der Waals surface area contributed by atoms with Gasteiger partial charge in [-0.1, -0.05) is 12.1 Å². The molecule has 1 aliphatic heterocycles. The van der Waals surface area contributed by atoms with Gasteiger partial charge in [0.1, 0.15) is 5.75 Å². The van der Waals surface area contributed by atoms with Crippen LogP contribution in [0.4, 0.5) is 0 Å². The highest BCUT2D eigenvalue weighted by Crippen LogP contribution is 2.35. The molecule has 18 heavy (non-hydrogen) atoms. The summed E-state index contributed by atoms with van der Waals surface area (Å²) < 4.78 is 7.79. The fourth-order valence-corrected chi connectivity index (χ4v) is 3.00. The Morgan fingerprint density at radius 1 is 1.33 bits per heavy atom. The van der Waals surface area contributed by atoms with E-state index in [1.807, 2.05) is 6.07 Å². The van der Waals surface area contributed by atoms with Gasteiger partial charge in [-0.15, -0.1) is 0 Å². The molecule has 0 fully saturated rings. The van der Waals surface area contributed by atoms with Crippen molar-refractivity contribution in [3.05, 3.63) is 29.5 Å². The molecule has 1 N–H and O–H groups in total. The van der Waals surface area contributed by atoms with Gasteiger partial charge in [0.2, 0.25) is 0 Å². The Morgan fingerprint density at radius 3 is 2.83 bits per heavy atom. The molecule has 3 nitrogen and oxygen atoms in total. The van der Waals surface area contributed by atoms with Gasteiger partial charge in [-0.25, -0.2) is 0 Å². The van der Waals surface area contributed by atoms with Gasteiger partial charge in [-0.3, -0.25) is 0 Å². The molecule has 0 bridgehead atoms. The van der Waals surface area contributed by atoms with Crippen molar-refractivity contribution in [3.63, 3.8) is 0 Å². The van der Waals surface area contributed by atoms with Crippen molar-refractivity contribution >= 4 is 10.9 Å². The van der Waals surface area contributed by atoms with Crippen molar-refractivity contribution < 1.29 is 4.74 Å². The van der Waals surface area contributed by atoms with Crippen LogP contribution in [0.3, 0.4) is 0 Å². The van der Waals surface area contributed by atoms with Crippen LogP contribution in [-0.4, -0.2) is 17.2 Å². The van der Waals surface area contributed by atoms with E-state index >= 15 is 0 Å².